The molecule has 126 valence electrons. The van der Waals surface area contributed by atoms with Crippen LogP contribution in [0.3, 0.4) is 0 Å². The van der Waals surface area contributed by atoms with E-state index in [9.17, 15) is 9.59 Å². The van der Waals surface area contributed by atoms with Crippen molar-refractivity contribution in [2.24, 2.45) is 0 Å². The maximum atomic E-state index is 11.9. The molecule has 1 aliphatic heterocycles. The number of carbonyl (C=O) groups excluding carboxylic acids is 1. The van der Waals surface area contributed by atoms with Crippen molar-refractivity contribution in [3.05, 3.63) is 22.2 Å². The van der Waals surface area contributed by atoms with Crippen molar-refractivity contribution < 1.29 is 24.2 Å². The molecule has 6 nitrogen and oxygen atoms in total. The topological polar surface area (TPSA) is 84.9 Å². The van der Waals surface area contributed by atoms with Crippen LogP contribution in [0.25, 0.3) is 0 Å². The van der Waals surface area contributed by atoms with E-state index < -0.39 is 5.97 Å². The summed E-state index contributed by atoms with van der Waals surface area (Å²) in [5.41, 5.74) is 0.910. The first-order chi connectivity index (χ1) is 11.0. The highest BCUT2D eigenvalue weighted by Gasteiger charge is 2.19. The number of fused-ring (bicyclic) bond motifs is 1. The Balaban J connectivity index is 1.91. The van der Waals surface area contributed by atoms with Gasteiger partial charge in [-0.25, -0.2) is 0 Å². The van der Waals surface area contributed by atoms with Gasteiger partial charge in [0.15, 0.2) is 11.5 Å². The smallest absolute Gasteiger partial charge is 0.303 e. The summed E-state index contributed by atoms with van der Waals surface area (Å²) in [7, 11) is 0. The Bertz CT molecular complexity index is 590. The van der Waals surface area contributed by atoms with E-state index in [1.807, 2.05) is 19.1 Å². The summed E-state index contributed by atoms with van der Waals surface area (Å²) in [6.45, 7) is 2.94. The average molecular weight is 386 g/mol. The fourth-order valence-corrected chi connectivity index (χ4v) is 3.03. The van der Waals surface area contributed by atoms with Crippen LogP contribution in [0.5, 0.6) is 11.5 Å². The van der Waals surface area contributed by atoms with Crippen LogP contribution in [0.2, 0.25) is 0 Å². The third-order valence-electron chi connectivity index (χ3n) is 3.55. The number of carbonyl (C=O) groups is 2. The highest BCUT2D eigenvalue weighted by Crippen LogP contribution is 2.37. The lowest BCUT2D eigenvalue weighted by molar-refractivity contribution is -0.137. The van der Waals surface area contributed by atoms with Crippen molar-refractivity contribution in [3.63, 3.8) is 0 Å². The molecular weight excluding hydrogens is 366 g/mol. The third kappa shape index (κ3) is 5.13. The number of halogens is 1. The molecule has 2 N–H and O–H groups in total. The van der Waals surface area contributed by atoms with Gasteiger partial charge < -0.3 is 19.9 Å². The van der Waals surface area contributed by atoms with E-state index in [-0.39, 0.29) is 18.4 Å². The fourth-order valence-electron chi connectivity index (χ4n) is 2.36. The van der Waals surface area contributed by atoms with E-state index >= 15 is 0 Å². The highest BCUT2D eigenvalue weighted by atomic mass is 79.9. The minimum Gasteiger partial charge on any atom is -0.486 e. The molecule has 0 spiro atoms. The fraction of sp³-hybridized carbons (Fsp3) is 0.500. The number of benzene rings is 1. The maximum Gasteiger partial charge on any atom is 0.303 e. The van der Waals surface area contributed by atoms with Gasteiger partial charge in [-0.15, -0.1) is 0 Å². The van der Waals surface area contributed by atoms with E-state index in [1.165, 1.54) is 0 Å². The van der Waals surface area contributed by atoms with Crippen molar-refractivity contribution in [1.29, 1.82) is 0 Å². The standard InChI is InChI=1S/C16H20BrNO5/c1-10(18-15(19)4-2-3-5-16(20)21)11-8-13-14(9-12(11)17)23-7-6-22-13/h8-10H,2-7H2,1H3,(H,18,19)(H,20,21). The minimum atomic E-state index is -0.834. The Morgan fingerprint density at radius 1 is 1.22 bits per heavy atom. The molecule has 2 rings (SSSR count). The molecule has 1 amide bonds. The highest BCUT2D eigenvalue weighted by molar-refractivity contribution is 9.10. The molecule has 0 aliphatic carbocycles. The molecule has 1 aliphatic rings. The summed E-state index contributed by atoms with van der Waals surface area (Å²) in [6.07, 6.45) is 1.48. The Labute approximate surface area is 143 Å². The minimum absolute atomic E-state index is 0.0929. The molecule has 0 aromatic heterocycles. The lowest BCUT2D eigenvalue weighted by Crippen LogP contribution is -2.27. The Morgan fingerprint density at radius 2 is 1.83 bits per heavy atom. The van der Waals surface area contributed by atoms with Gasteiger partial charge in [0.25, 0.3) is 0 Å². The molecule has 1 atom stereocenters. The second-order valence-corrected chi connectivity index (χ2v) is 6.26. The SMILES string of the molecule is CC(NC(=O)CCCCC(=O)O)c1cc2c(cc1Br)OCCO2. The Kier molecular flexibility index (Phi) is 6.27. The second-order valence-electron chi connectivity index (χ2n) is 5.41. The summed E-state index contributed by atoms with van der Waals surface area (Å²) in [6, 6.07) is 3.53. The maximum absolute atomic E-state index is 11.9. The number of nitrogens with one attached hydrogen (secondary N) is 1. The first-order valence-corrected chi connectivity index (χ1v) is 8.37. The predicted molar refractivity (Wildman–Crippen MR) is 87.8 cm³/mol. The molecule has 1 unspecified atom stereocenters. The van der Waals surface area contributed by atoms with Crippen LogP contribution in [0.15, 0.2) is 16.6 Å². The van der Waals surface area contributed by atoms with Gasteiger partial charge in [-0.1, -0.05) is 15.9 Å². The van der Waals surface area contributed by atoms with Crippen molar-refractivity contribution in [2.45, 2.75) is 38.6 Å². The number of rotatable bonds is 7. The van der Waals surface area contributed by atoms with E-state index in [4.69, 9.17) is 14.6 Å². The van der Waals surface area contributed by atoms with Crippen LogP contribution in [0, 0.1) is 0 Å². The molecule has 0 bridgehead atoms. The third-order valence-corrected chi connectivity index (χ3v) is 4.24. The van der Waals surface area contributed by atoms with Gasteiger partial charge in [0.1, 0.15) is 13.2 Å². The summed E-state index contributed by atoms with van der Waals surface area (Å²) < 4.78 is 11.9. The first kappa shape index (κ1) is 17.6. The van der Waals surface area contributed by atoms with E-state index in [0.29, 0.717) is 44.0 Å². The Morgan fingerprint density at radius 3 is 2.48 bits per heavy atom. The van der Waals surface area contributed by atoms with E-state index in [0.717, 1.165) is 10.0 Å². The molecule has 0 radical (unpaired) electrons. The van der Waals surface area contributed by atoms with Crippen molar-refractivity contribution in [3.8, 4) is 11.5 Å². The monoisotopic (exact) mass is 385 g/mol. The van der Waals surface area contributed by atoms with Crippen LogP contribution >= 0.6 is 15.9 Å². The largest absolute Gasteiger partial charge is 0.486 e. The zero-order chi connectivity index (χ0) is 16.8. The van der Waals surface area contributed by atoms with Crippen LogP contribution < -0.4 is 14.8 Å². The quantitative estimate of drug-likeness (QED) is 0.704. The van der Waals surface area contributed by atoms with Crippen molar-refractivity contribution in [2.75, 3.05) is 13.2 Å². The van der Waals surface area contributed by atoms with Gasteiger partial charge in [0, 0.05) is 17.3 Å². The van der Waals surface area contributed by atoms with Gasteiger partial charge in [0.2, 0.25) is 5.91 Å². The molecule has 7 heteroatoms. The molecule has 0 fully saturated rings. The summed E-state index contributed by atoms with van der Waals surface area (Å²) in [4.78, 5) is 22.4. The number of amides is 1. The Hall–Kier alpha value is -1.76. The van der Waals surface area contributed by atoms with Gasteiger partial charge in [-0.3, -0.25) is 9.59 Å². The zero-order valence-electron chi connectivity index (χ0n) is 12.9. The van der Waals surface area contributed by atoms with Crippen LogP contribution in [0.4, 0.5) is 0 Å². The number of carboxylic acids is 1. The van der Waals surface area contributed by atoms with Gasteiger partial charge >= 0.3 is 5.97 Å². The molecule has 0 saturated carbocycles. The molecule has 1 aromatic carbocycles. The molecule has 0 saturated heterocycles. The lowest BCUT2D eigenvalue weighted by atomic mass is 10.1. The molecular formula is C16H20BrNO5. The number of carboxylic acid groups (broad SMARTS) is 1. The van der Waals surface area contributed by atoms with Crippen molar-refractivity contribution in [1.82, 2.24) is 5.32 Å². The molecule has 1 aromatic rings. The van der Waals surface area contributed by atoms with E-state index in [2.05, 4.69) is 21.2 Å². The van der Waals surface area contributed by atoms with Gasteiger partial charge in [0.05, 0.1) is 6.04 Å². The summed E-state index contributed by atoms with van der Waals surface area (Å²) in [5, 5.41) is 11.5. The van der Waals surface area contributed by atoms with Gasteiger partial charge in [-0.05, 0) is 37.5 Å². The second kappa shape index (κ2) is 8.19. The number of hydrogen-bond donors (Lipinski definition) is 2. The zero-order valence-corrected chi connectivity index (χ0v) is 14.5. The molecule has 1 heterocycles. The number of aliphatic carboxylic acids is 1. The van der Waals surface area contributed by atoms with Crippen LogP contribution in [-0.4, -0.2) is 30.2 Å². The summed E-state index contributed by atoms with van der Waals surface area (Å²) >= 11 is 3.49. The van der Waals surface area contributed by atoms with Crippen LogP contribution in [0.1, 0.15) is 44.2 Å². The number of hydrogen-bond acceptors (Lipinski definition) is 4. The normalized spacial score (nSPS) is 14.2. The van der Waals surface area contributed by atoms with Gasteiger partial charge in [-0.2, -0.15) is 0 Å². The number of unbranched alkanes of at least 4 members (excludes halogenated alkanes) is 1. The lowest BCUT2D eigenvalue weighted by Gasteiger charge is -2.22. The number of ether oxygens (including phenoxy) is 2. The van der Waals surface area contributed by atoms with E-state index in [1.54, 1.807) is 0 Å². The van der Waals surface area contributed by atoms with Crippen molar-refractivity contribution >= 4 is 27.8 Å². The molecule has 23 heavy (non-hydrogen) atoms. The van der Waals surface area contributed by atoms with Crippen LogP contribution in [-0.2, 0) is 9.59 Å². The average Bonchev–Trinajstić information content (AvgIpc) is 2.50. The predicted octanol–water partition coefficient (Wildman–Crippen LogP) is 3.04. The first-order valence-electron chi connectivity index (χ1n) is 7.57. The summed E-state index contributed by atoms with van der Waals surface area (Å²) in [5.74, 6) is 0.444.